The number of carboxylic acids is 1. The van der Waals surface area contributed by atoms with Crippen LogP contribution < -0.4 is 0 Å². The molecule has 1 amide bonds. The van der Waals surface area contributed by atoms with Gasteiger partial charge >= 0.3 is 5.97 Å². The van der Waals surface area contributed by atoms with Crippen molar-refractivity contribution in [1.29, 1.82) is 0 Å². The second kappa shape index (κ2) is 6.76. The van der Waals surface area contributed by atoms with Gasteiger partial charge in [0.1, 0.15) is 5.82 Å². The smallest absolute Gasteiger partial charge is 0.335 e. The fourth-order valence-corrected chi connectivity index (χ4v) is 2.71. The summed E-state index contributed by atoms with van der Waals surface area (Å²) < 4.78 is 13.4. The Morgan fingerprint density at radius 2 is 1.88 bits per heavy atom. The highest BCUT2D eigenvalue weighted by molar-refractivity contribution is 5.89. The lowest BCUT2D eigenvalue weighted by Gasteiger charge is -2.17. The number of H-pyrrole nitrogens is 1. The number of fused-ring (bicyclic) bond motifs is 1. The SMILES string of the molecule is CN(Cc1ccc(C(=O)O)cc1)C(=O)Cc1c[nH]c2ccc(F)cc12. The summed E-state index contributed by atoms with van der Waals surface area (Å²) in [5, 5.41) is 9.60. The van der Waals surface area contributed by atoms with Crippen molar-refractivity contribution in [3.05, 3.63) is 71.2 Å². The molecule has 0 saturated carbocycles. The van der Waals surface area contributed by atoms with E-state index >= 15 is 0 Å². The van der Waals surface area contributed by atoms with E-state index in [1.165, 1.54) is 24.3 Å². The number of hydrogen-bond donors (Lipinski definition) is 2. The van der Waals surface area contributed by atoms with Crippen molar-refractivity contribution in [3.8, 4) is 0 Å². The van der Waals surface area contributed by atoms with Gasteiger partial charge in [-0.3, -0.25) is 4.79 Å². The molecule has 6 heteroatoms. The first-order chi connectivity index (χ1) is 11.9. The van der Waals surface area contributed by atoms with Crippen molar-refractivity contribution in [1.82, 2.24) is 9.88 Å². The van der Waals surface area contributed by atoms with Gasteiger partial charge in [0.05, 0.1) is 12.0 Å². The maximum absolute atomic E-state index is 13.4. The van der Waals surface area contributed by atoms with E-state index in [1.54, 1.807) is 36.3 Å². The van der Waals surface area contributed by atoms with Gasteiger partial charge < -0.3 is 15.0 Å². The summed E-state index contributed by atoms with van der Waals surface area (Å²) in [6, 6.07) is 10.8. The molecule has 128 valence electrons. The van der Waals surface area contributed by atoms with Crippen molar-refractivity contribution < 1.29 is 19.1 Å². The third-order valence-electron chi connectivity index (χ3n) is 4.12. The van der Waals surface area contributed by atoms with Gasteiger partial charge in [0.15, 0.2) is 0 Å². The molecule has 2 N–H and O–H groups in total. The van der Waals surface area contributed by atoms with Gasteiger partial charge in [-0.1, -0.05) is 12.1 Å². The van der Waals surface area contributed by atoms with Gasteiger partial charge in [0.25, 0.3) is 0 Å². The van der Waals surface area contributed by atoms with Gasteiger partial charge in [-0.05, 0) is 41.5 Å². The Hall–Kier alpha value is -3.15. The molecule has 0 fully saturated rings. The molecule has 0 saturated heterocycles. The summed E-state index contributed by atoms with van der Waals surface area (Å²) in [6.45, 7) is 0.370. The molecule has 0 bridgehead atoms. The summed E-state index contributed by atoms with van der Waals surface area (Å²) in [6.07, 6.45) is 1.88. The largest absolute Gasteiger partial charge is 0.478 e. The lowest BCUT2D eigenvalue weighted by atomic mass is 10.1. The molecule has 3 aromatic rings. The molecular formula is C19H17FN2O3. The minimum atomic E-state index is -0.984. The number of carbonyl (C=O) groups excluding carboxylic acids is 1. The average molecular weight is 340 g/mol. The Morgan fingerprint density at radius 3 is 2.56 bits per heavy atom. The molecule has 0 aliphatic heterocycles. The van der Waals surface area contributed by atoms with Gasteiger partial charge in [-0.15, -0.1) is 0 Å². The summed E-state index contributed by atoms with van der Waals surface area (Å²) in [5.74, 6) is -1.43. The van der Waals surface area contributed by atoms with Crippen LogP contribution in [0.2, 0.25) is 0 Å². The van der Waals surface area contributed by atoms with Gasteiger partial charge in [-0.25, -0.2) is 9.18 Å². The van der Waals surface area contributed by atoms with Crippen LogP contribution in [-0.4, -0.2) is 33.9 Å². The molecule has 0 atom stereocenters. The first-order valence-electron chi connectivity index (χ1n) is 7.76. The van der Waals surface area contributed by atoms with Crippen LogP contribution in [-0.2, 0) is 17.8 Å². The number of aromatic nitrogens is 1. The van der Waals surface area contributed by atoms with Crippen LogP contribution in [0.4, 0.5) is 4.39 Å². The Morgan fingerprint density at radius 1 is 1.16 bits per heavy atom. The molecule has 25 heavy (non-hydrogen) atoms. The summed E-state index contributed by atoms with van der Waals surface area (Å²) in [4.78, 5) is 27.9. The highest BCUT2D eigenvalue weighted by Crippen LogP contribution is 2.20. The van der Waals surface area contributed by atoms with E-state index in [-0.39, 0.29) is 23.7 Å². The monoisotopic (exact) mass is 340 g/mol. The first-order valence-corrected chi connectivity index (χ1v) is 7.76. The van der Waals surface area contributed by atoms with Crippen LogP contribution in [0.1, 0.15) is 21.5 Å². The van der Waals surface area contributed by atoms with Crippen LogP contribution in [0, 0.1) is 5.82 Å². The Kier molecular flexibility index (Phi) is 4.52. The lowest BCUT2D eigenvalue weighted by molar-refractivity contribution is -0.129. The molecule has 3 rings (SSSR count). The predicted molar refractivity (Wildman–Crippen MR) is 91.8 cm³/mol. The van der Waals surface area contributed by atoms with E-state index in [0.717, 1.165) is 16.6 Å². The molecule has 1 heterocycles. The number of carboxylic acid groups (broad SMARTS) is 1. The van der Waals surface area contributed by atoms with Crippen LogP contribution in [0.3, 0.4) is 0 Å². The number of hydrogen-bond acceptors (Lipinski definition) is 2. The van der Waals surface area contributed by atoms with Crippen LogP contribution in [0.15, 0.2) is 48.7 Å². The van der Waals surface area contributed by atoms with Crippen LogP contribution in [0.5, 0.6) is 0 Å². The summed E-state index contributed by atoms with van der Waals surface area (Å²) in [5.41, 5.74) is 2.58. The zero-order valence-electron chi connectivity index (χ0n) is 13.6. The number of aromatic carboxylic acids is 1. The summed E-state index contributed by atoms with van der Waals surface area (Å²) in [7, 11) is 1.68. The molecule has 0 unspecified atom stereocenters. The number of nitrogens with one attached hydrogen (secondary N) is 1. The number of likely N-dealkylation sites (N-methyl/N-ethyl adjacent to an activating group) is 1. The molecular weight excluding hydrogens is 323 g/mol. The maximum Gasteiger partial charge on any atom is 0.335 e. The first kappa shape index (κ1) is 16.7. The van der Waals surface area contributed by atoms with E-state index < -0.39 is 5.97 Å². The fourth-order valence-electron chi connectivity index (χ4n) is 2.71. The summed E-state index contributed by atoms with van der Waals surface area (Å²) >= 11 is 0. The zero-order chi connectivity index (χ0) is 18.0. The number of rotatable bonds is 5. The predicted octanol–water partition coefficient (Wildman–Crippen LogP) is 3.21. The molecule has 0 spiro atoms. The molecule has 1 aromatic heterocycles. The van der Waals surface area contributed by atoms with Crippen molar-refractivity contribution in [2.45, 2.75) is 13.0 Å². The maximum atomic E-state index is 13.4. The fraction of sp³-hybridized carbons (Fsp3) is 0.158. The van der Waals surface area contributed by atoms with Crippen molar-refractivity contribution in [3.63, 3.8) is 0 Å². The zero-order valence-corrected chi connectivity index (χ0v) is 13.6. The van der Waals surface area contributed by atoms with E-state index in [2.05, 4.69) is 4.98 Å². The number of aromatic amines is 1. The number of benzene rings is 2. The number of amides is 1. The average Bonchev–Trinajstić information content (AvgIpc) is 2.97. The van der Waals surface area contributed by atoms with Crippen molar-refractivity contribution in [2.75, 3.05) is 7.05 Å². The van der Waals surface area contributed by atoms with Gasteiger partial charge in [0, 0.05) is 30.7 Å². The van der Waals surface area contributed by atoms with Crippen molar-refractivity contribution >= 4 is 22.8 Å². The number of halogens is 1. The second-order valence-electron chi connectivity index (χ2n) is 5.93. The molecule has 0 aliphatic carbocycles. The van der Waals surface area contributed by atoms with E-state index in [9.17, 15) is 14.0 Å². The minimum absolute atomic E-state index is 0.104. The van der Waals surface area contributed by atoms with E-state index in [1.807, 2.05) is 0 Å². The normalized spacial score (nSPS) is 10.8. The lowest BCUT2D eigenvalue weighted by Crippen LogP contribution is -2.27. The topological polar surface area (TPSA) is 73.4 Å². The van der Waals surface area contributed by atoms with Gasteiger partial charge in [0.2, 0.25) is 5.91 Å². The third kappa shape index (κ3) is 3.68. The highest BCUT2D eigenvalue weighted by Gasteiger charge is 2.14. The van der Waals surface area contributed by atoms with Crippen LogP contribution >= 0.6 is 0 Å². The Labute approximate surface area is 143 Å². The molecule has 5 nitrogen and oxygen atoms in total. The van der Waals surface area contributed by atoms with Crippen LogP contribution in [0.25, 0.3) is 10.9 Å². The molecule has 0 radical (unpaired) electrons. The second-order valence-corrected chi connectivity index (χ2v) is 5.93. The van der Waals surface area contributed by atoms with Crippen molar-refractivity contribution in [2.24, 2.45) is 0 Å². The Balaban J connectivity index is 1.69. The minimum Gasteiger partial charge on any atom is -0.478 e. The number of carbonyl (C=O) groups is 2. The van der Waals surface area contributed by atoms with E-state index in [4.69, 9.17) is 5.11 Å². The number of nitrogens with zero attached hydrogens (tertiary/aromatic N) is 1. The Bertz CT molecular complexity index is 931. The third-order valence-corrected chi connectivity index (χ3v) is 4.12. The van der Waals surface area contributed by atoms with Gasteiger partial charge in [-0.2, -0.15) is 0 Å². The molecule has 2 aromatic carbocycles. The van der Waals surface area contributed by atoms with E-state index in [0.29, 0.717) is 11.9 Å². The quantitative estimate of drug-likeness (QED) is 0.749. The molecule has 0 aliphatic rings. The highest BCUT2D eigenvalue weighted by atomic mass is 19.1. The standard InChI is InChI=1S/C19H17FN2O3/c1-22(11-12-2-4-13(5-3-12)19(24)25)18(23)8-14-10-21-17-7-6-15(20)9-16(14)17/h2-7,9-10,21H,8,11H2,1H3,(H,24,25).